The largest absolute Gasteiger partial charge is 0.480 e. The third-order valence-electron chi connectivity index (χ3n) is 1.18. The fourth-order valence-corrected chi connectivity index (χ4v) is 0.557. The van der Waals surface area contributed by atoms with Crippen molar-refractivity contribution in [3.8, 4) is 0 Å². The molecule has 0 fully saturated rings. The van der Waals surface area contributed by atoms with Crippen molar-refractivity contribution in [1.82, 2.24) is 0 Å². The first-order valence-corrected chi connectivity index (χ1v) is 3.01. The highest BCUT2D eigenvalue weighted by Crippen LogP contribution is 2.00. The Morgan fingerprint density at radius 1 is 1.80 bits per heavy atom. The number of rotatable bonds is 4. The maximum Gasteiger partial charge on any atom is 0.320 e. The number of carbonyl (C=O) groups is 2. The Bertz CT molecular complexity index is 135. The standard InChI is InChI=1S/C6H11NO3/c1-4(3-8)2-5(7)6(9)10/h3-5H,2,7H2,1H3,(H,9,10)/t4-,5?/m1/s1. The van der Waals surface area contributed by atoms with E-state index < -0.39 is 12.0 Å². The van der Waals surface area contributed by atoms with Gasteiger partial charge in [-0.15, -0.1) is 0 Å². The average Bonchev–Trinajstić information content (AvgIpc) is 1.87. The lowest BCUT2D eigenvalue weighted by molar-refractivity contribution is -0.138. The lowest BCUT2D eigenvalue weighted by atomic mass is 10.0. The van der Waals surface area contributed by atoms with Crippen LogP contribution in [0.25, 0.3) is 0 Å². The van der Waals surface area contributed by atoms with Crippen LogP contribution in [-0.2, 0) is 9.59 Å². The maximum absolute atomic E-state index is 10.1. The predicted octanol–water partition coefficient (Wildman–Crippen LogP) is -0.377. The Morgan fingerprint density at radius 2 is 2.30 bits per heavy atom. The van der Waals surface area contributed by atoms with Crippen LogP contribution in [0.5, 0.6) is 0 Å². The average molecular weight is 145 g/mol. The summed E-state index contributed by atoms with van der Waals surface area (Å²) < 4.78 is 0. The molecule has 4 nitrogen and oxygen atoms in total. The van der Waals surface area contributed by atoms with Gasteiger partial charge in [0, 0.05) is 5.92 Å². The summed E-state index contributed by atoms with van der Waals surface area (Å²) in [7, 11) is 0. The smallest absolute Gasteiger partial charge is 0.320 e. The third-order valence-corrected chi connectivity index (χ3v) is 1.18. The van der Waals surface area contributed by atoms with Crippen LogP contribution >= 0.6 is 0 Å². The van der Waals surface area contributed by atoms with E-state index in [0.29, 0.717) is 6.29 Å². The minimum absolute atomic E-state index is 0.207. The summed E-state index contributed by atoms with van der Waals surface area (Å²) in [5, 5.41) is 8.29. The molecule has 0 aliphatic heterocycles. The zero-order valence-electron chi connectivity index (χ0n) is 5.78. The van der Waals surface area contributed by atoms with Gasteiger partial charge < -0.3 is 15.6 Å². The summed E-state index contributed by atoms with van der Waals surface area (Å²) in [4.78, 5) is 20.1. The van der Waals surface area contributed by atoms with Gasteiger partial charge in [0.05, 0.1) is 0 Å². The van der Waals surface area contributed by atoms with Crippen LogP contribution in [0.1, 0.15) is 13.3 Å². The molecule has 2 atom stereocenters. The van der Waals surface area contributed by atoms with Crippen molar-refractivity contribution in [3.05, 3.63) is 0 Å². The summed E-state index contributed by atoms with van der Waals surface area (Å²) in [6.45, 7) is 1.63. The highest BCUT2D eigenvalue weighted by Gasteiger charge is 2.14. The molecule has 0 aromatic rings. The Balaban J connectivity index is 3.67. The lowest BCUT2D eigenvalue weighted by Gasteiger charge is -2.06. The first kappa shape index (κ1) is 9.10. The molecule has 0 saturated carbocycles. The van der Waals surface area contributed by atoms with Gasteiger partial charge in [-0.3, -0.25) is 4.79 Å². The number of aldehydes is 1. The van der Waals surface area contributed by atoms with E-state index in [4.69, 9.17) is 10.8 Å². The van der Waals surface area contributed by atoms with Crippen molar-refractivity contribution < 1.29 is 14.7 Å². The number of hydrogen-bond acceptors (Lipinski definition) is 3. The topological polar surface area (TPSA) is 80.4 Å². The normalized spacial score (nSPS) is 15.8. The molecule has 0 heterocycles. The number of carbonyl (C=O) groups excluding carboxylic acids is 1. The molecule has 0 aromatic heterocycles. The van der Waals surface area contributed by atoms with Gasteiger partial charge in [-0.2, -0.15) is 0 Å². The predicted molar refractivity (Wildman–Crippen MR) is 35.5 cm³/mol. The molecule has 10 heavy (non-hydrogen) atoms. The van der Waals surface area contributed by atoms with Gasteiger partial charge in [0.15, 0.2) is 0 Å². The molecule has 0 radical (unpaired) electrons. The highest BCUT2D eigenvalue weighted by atomic mass is 16.4. The van der Waals surface area contributed by atoms with E-state index in [9.17, 15) is 9.59 Å². The lowest BCUT2D eigenvalue weighted by Crippen LogP contribution is -2.32. The fourth-order valence-electron chi connectivity index (χ4n) is 0.557. The van der Waals surface area contributed by atoms with Crippen molar-refractivity contribution >= 4 is 12.3 Å². The van der Waals surface area contributed by atoms with E-state index in [-0.39, 0.29) is 12.3 Å². The van der Waals surface area contributed by atoms with Gasteiger partial charge in [-0.05, 0) is 6.42 Å². The number of nitrogens with two attached hydrogens (primary N) is 1. The van der Waals surface area contributed by atoms with Gasteiger partial charge in [0.25, 0.3) is 0 Å². The number of hydrogen-bond donors (Lipinski definition) is 2. The van der Waals surface area contributed by atoms with E-state index in [1.54, 1.807) is 6.92 Å². The molecule has 0 spiro atoms. The van der Waals surface area contributed by atoms with Crippen LogP contribution < -0.4 is 5.73 Å². The number of carboxylic acids is 1. The first-order valence-electron chi connectivity index (χ1n) is 3.01. The minimum Gasteiger partial charge on any atom is -0.480 e. The van der Waals surface area contributed by atoms with Crippen molar-refractivity contribution in [3.63, 3.8) is 0 Å². The molecular formula is C6H11NO3. The molecule has 4 heteroatoms. The Kier molecular flexibility index (Phi) is 3.64. The highest BCUT2D eigenvalue weighted by molar-refractivity contribution is 5.73. The van der Waals surface area contributed by atoms with Gasteiger partial charge in [0.2, 0.25) is 0 Å². The number of aliphatic carboxylic acids is 1. The van der Waals surface area contributed by atoms with Gasteiger partial charge >= 0.3 is 5.97 Å². The SMILES string of the molecule is C[C@@H](C=O)CC(N)C(=O)O. The molecule has 1 unspecified atom stereocenters. The van der Waals surface area contributed by atoms with Crippen molar-refractivity contribution in [2.75, 3.05) is 0 Å². The van der Waals surface area contributed by atoms with Crippen molar-refractivity contribution in [2.24, 2.45) is 11.7 Å². The van der Waals surface area contributed by atoms with Crippen LogP contribution in [0.15, 0.2) is 0 Å². The summed E-state index contributed by atoms with van der Waals surface area (Å²) in [5.74, 6) is -1.33. The van der Waals surface area contributed by atoms with E-state index >= 15 is 0 Å². The van der Waals surface area contributed by atoms with Gasteiger partial charge in [-0.1, -0.05) is 6.92 Å². The molecule has 0 bridgehead atoms. The molecule has 3 N–H and O–H groups in total. The molecule has 0 amide bonds. The van der Waals surface area contributed by atoms with E-state index in [1.165, 1.54) is 0 Å². The second kappa shape index (κ2) is 4.00. The fraction of sp³-hybridized carbons (Fsp3) is 0.667. The third kappa shape index (κ3) is 3.19. The quantitative estimate of drug-likeness (QED) is 0.528. The summed E-state index contributed by atoms with van der Waals surface area (Å²) in [5.41, 5.74) is 5.13. The summed E-state index contributed by atoms with van der Waals surface area (Å²) in [6.07, 6.45) is 0.904. The first-order chi connectivity index (χ1) is 4.57. The van der Waals surface area contributed by atoms with Gasteiger partial charge in [-0.25, -0.2) is 0 Å². The minimum atomic E-state index is -1.06. The second-order valence-electron chi connectivity index (χ2n) is 2.29. The number of carboxylic acid groups (broad SMARTS) is 1. The second-order valence-corrected chi connectivity index (χ2v) is 2.29. The van der Waals surface area contributed by atoms with E-state index in [2.05, 4.69) is 0 Å². The summed E-state index contributed by atoms with van der Waals surface area (Å²) in [6, 6.07) is -0.916. The molecule has 0 aliphatic carbocycles. The monoisotopic (exact) mass is 145 g/mol. The van der Waals surface area contributed by atoms with Crippen LogP contribution in [0, 0.1) is 5.92 Å². The maximum atomic E-state index is 10.1. The van der Waals surface area contributed by atoms with Crippen LogP contribution in [0.2, 0.25) is 0 Å². The van der Waals surface area contributed by atoms with Gasteiger partial charge in [0.1, 0.15) is 12.3 Å². The van der Waals surface area contributed by atoms with Crippen LogP contribution in [0.4, 0.5) is 0 Å². The zero-order valence-corrected chi connectivity index (χ0v) is 5.78. The van der Waals surface area contributed by atoms with Crippen LogP contribution in [0.3, 0.4) is 0 Å². The Morgan fingerprint density at radius 3 is 2.60 bits per heavy atom. The molecule has 0 aromatic carbocycles. The van der Waals surface area contributed by atoms with E-state index in [1.807, 2.05) is 0 Å². The molecule has 0 rings (SSSR count). The van der Waals surface area contributed by atoms with Crippen LogP contribution in [-0.4, -0.2) is 23.4 Å². The van der Waals surface area contributed by atoms with Crippen molar-refractivity contribution in [2.45, 2.75) is 19.4 Å². The Hall–Kier alpha value is -0.900. The zero-order chi connectivity index (χ0) is 8.15. The molecule has 0 aliphatic rings. The molecule has 0 saturated heterocycles. The van der Waals surface area contributed by atoms with Crippen molar-refractivity contribution in [1.29, 1.82) is 0 Å². The van der Waals surface area contributed by atoms with E-state index in [0.717, 1.165) is 0 Å². The molecule has 58 valence electrons. The Labute approximate surface area is 59.0 Å². The molecular weight excluding hydrogens is 134 g/mol. The summed E-state index contributed by atoms with van der Waals surface area (Å²) >= 11 is 0.